The Balaban J connectivity index is 1.47. The summed E-state index contributed by atoms with van der Waals surface area (Å²) in [6.07, 6.45) is 1.80. The summed E-state index contributed by atoms with van der Waals surface area (Å²) in [6, 6.07) is 13.8. The lowest BCUT2D eigenvalue weighted by Crippen LogP contribution is -2.48. The second-order valence-corrected chi connectivity index (χ2v) is 7.49. The van der Waals surface area contributed by atoms with Gasteiger partial charge in [0.1, 0.15) is 0 Å². The van der Waals surface area contributed by atoms with Crippen molar-refractivity contribution in [3.63, 3.8) is 0 Å². The second kappa shape index (κ2) is 7.55. The van der Waals surface area contributed by atoms with E-state index in [2.05, 4.69) is 31.9 Å². The third-order valence-electron chi connectivity index (χ3n) is 4.91. The molecule has 28 heavy (non-hydrogen) atoms. The van der Waals surface area contributed by atoms with Crippen LogP contribution in [0.4, 0.5) is 11.4 Å². The quantitative estimate of drug-likeness (QED) is 0.456. The number of rotatable bonds is 3. The Morgan fingerprint density at radius 1 is 1.04 bits per heavy atom. The standard InChI is InChI=1S/C20H17BrN4O3/c21-15-3-6-17-18(13-15)22-8-7-19(17)23-9-11-24(12-10-23)20(26)14-1-4-16(5-2-14)25(27)28/h1-8,13H,9-12H2. The Morgan fingerprint density at radius 2 is 1.75 bits per heavy atom. The molecule has 1 saturated heterocycles. The van der Waals surface area contributed by atoms with E-state index in [1.165, 1.54) is 24.3 Å². The molecule has 2 aromatic carbocycles. The Hall–Kier alpha value is -3.00. The number of piperazine rings is 1. The maximum atomic E-state index is 12.7. The molecule has 4 rings (SSSR count). The number of carbonyl (C=O) groups is 1. The van der Waals surface area contributed by atoms with E-state index >= 15 is 0 Å². The number of pyridine rings is 1. The van der Waals surface area contributed by atoms with Crippen LogP contribution in [0.3, 0.4) is 0 Å². The SMILES string of the molecule is O=C(c1ccc([N+](=O)[O-])cc1)N1CCN(c2ccnc3cc(Br)ccc23)CC1. The number of hydrogen-bond donors (Lipinski definition) is 0. The van der Waals surface area contributed by atoms with Crippen LogP contribution in [0, 0.1) is 10.1 Å². The largest absolute Gasteiger partial charge is 0.367 e. The highest BCUT2D eigenvalue weighted by Crippen LogP contribution is 2.28. The minimum absolute atomic E-state index is 0.0161. The predicted octanol–water partition coefficient (Wildman–Crippen LogP) is 3.87. The number of amides is 1. The van der Waals surface area contributed by atoms with Crippen LogP contribution in [0.25, 0.3) is 10.9 Å². The van der Waals surface area contributed by atoms with Crippen LogP contribution < -0.4 is 4.90 Å². The van der Waals surface area contributed by atoms with Gasteiger partial charge in [-0.3, -0.25) is 19.9 Å². The van der Waals surface area contributed by atoms with Crippen LogP contribution in [0.15, 0.2) is 59.2 Å². The lowest BCUT2D eigenvalue weighted by molar-refractivity contribution is -0.384. The molecule has 0 saturated carbocycles. The zero-order valence-electron chi connectivity index (χ0n) is 14.9. The molecule has 1 aliphatic rings. The number of nitro benzene ring substituents is 1. The number of halogens is 1. The summed E-state index contributed by atoms with van der Waals surface area (Å²) in [6.45, 7) is 2.62. The number of benzene rings is 2. The average Bonchev–Trinajstić information content (AvgIpc) is 2.73. The van der Waals surface area contributed by atoms with Crippen LogP contribution in [0.2, 0.25) is 0 Å². The number of hydrogen-bond acceptors (Lipinski definition) is 5. The van der Waals surface area contributed by atoms with Gasteiger partial charge in [-0.05, 0) is 36.4 Å². The lowest BCUT2D eigenvalue weighted by Gasteiger charge is -2.36. The first-order chi connectivity index (χ1) is 13.5. The lowest BCUT2D eigenvalue weighted by atomic mass is 10.1. The van der Waals surface area contributed by atoms with Crippen molar-refractivity contribution in [1.29, 1.82) is 0 Å². The van der Waals surface area contributed by atoms with E-state index < -0.39 is 4.92 Å². The van der Waals surface area contributed by atoms with E-state index in [1.54, 1.807) is 11.1 Å². The fraction of sp³-hybridized carbons (Fsp3) is 0.200. The third-order valence-corrected chi connectivity index (χ3v) is 5.41. The molecule has 0 N–H and O–H groups in total. The first-order valence-electron chi connectivity index (χ1n) is 8.86. The molecule has 1 amide bonds. The van der Waals surface area contributed by atoms with Crippen molar-refractivity contribution < 1.29 is 9.72 Å². The minimum atomic E-state index is -0.468. The minimum Gasteiger partial charge on any atom is -0.367 e. The molecule has 0 unspecified atom stereocenters. The van der Waals surface area contributed by atoms with Gasteiger partial charge in [0.05, 0.1) is 10.4 Å². The number of carbonyl (C=O) groups excluding carboxylic acids is 1. The van der Waals surface area contributed by atoms with Gasteiger partial charge < -0.3 is 9.80 Å². The molecule has 1 aromatic heterocycles. The highest BCUT2D eigenvalue weighted by molar-refractivity contribution is 9.10. The highest BCUT2D eigenvalue weighted by atomic mass is 79.9. The van der Waals surface area contributed by atoms with Crippen LogP contribution in [0.5, 0.6) is 0 Å². The van der Waals surface area contributed by atoms with Crippen molar-refractivity contribution in [2.24, 2.45) is 0 Å². The monoisotopic (exact) mass is 440 g/mol. The molecule has 0 spiro atoms. The number of fused-ring (bicyclic) bond motifs is 1. The summed E-state index contributed by atoms with van der Waals surface area (Å²) in [5.74, 6) is -0.0990. The van der Waals surface area contributed by atoms with E-state index in [0.29, 0.717) is 31.7 Å². The summed E-state index contributed by atoms with van der Waals surface area (Å²) >= 11 is 3.48. The molecule has 3 aromatic rings. The van der Waals surface area contributed by atoms with Gasteiger partial charge in [0.2, 0.25) is 0 Å². The van der Waals surface area contributed by atoms with E-state index in [4.69, 9.17) is 0 Å². The maximum Gasteiger partial charge on any atom is 0.269 e. The van der Waals surface area contributed by atoms with Crippen molar-refractivity contribution in [3.05, 3.63) is 74.9 Å². The molecule has 142 valence electrons. The van der Waals surface area contributed by atoms with Gasteiger partial charge in [-0.15, -0.1) is 0 Å². The van der Waals surface area contributed by atoms with E-state index in [1.807, 2.05) is 18.2 Å². The molecule has 2 heterocycles. The zero-order chi connectivity index (χ0) is 19.7. The molecule has 0 atom stereocenters. The van der Waals surface area contributed by atoms with Crippen LogP contribution >= 0.6 is 15.9 Å². The van der Waals surface area contributed by atoms with Crippen molar-refractivity contribution >= 4 is 44.1 Å². The molecule has 7 nitrogen and oxygen atoms in total. The van der Waals surface area contributed by atoms with Crippen molar-refractivity contribution in [2.75, 3.05) is 31.1 Å². The molecule has 0 bridgehead atoms. The molecular formula is C20H17BrN4O3. The molecular weight excluding hydrogens is 424 g/mol. The summed E-state index contributed by atoms with van der Waals surface area (Å²) < 4.78 is 0.989. The Kier molecular flexibility index (Phi) is 4.95. The molecule has 1 fully saturated rings. The van der Waals surface area contributed by atoms with Gasteiger partial charge >= 0.3 is 0 Å². The van der Waals surface area contributed by atoms with Gasteiger partial charge in [-0.1, -0.05) is 15.9 Å². The zero-order valence-corrected chi connectivity index (χ0v) is 16.5. The molecule has 1 aliphatic heterocycles. The van der Waals surface area contributed by atoms with Gasteiger partial charge in [0, 0.05) is 65.6 Å². The van der Waals surface area contributed by atoms with Crippen molar-refractivity contribution in [2.45, 2.75) is 0 Å². The predicted molar refractivity (Wildman–Crippen MR) is 111 cm³/mol. The Labute approximate surface area is 169 Å². The van der Waals surface area contributed by atoms with Crippen LogP contribution in [-0.2, 0) is 0 Å². The Morgan fingerprint density at radius 3 is 2.43 bits per heavy atom. The van der Waals surface area contributed by atoms with Gasteiger partial charge in [-0.25, -0.2) is 0 Å². The fourth-order valence-electron chi connectivity index (χ4n) is 3.44. The highest BCUT2D eigenvalue weighted by Gasteiger charge is 2.23. The first kappa shape index (κ1) is 18.4. The van der Waals surface area contributed by atoms with Gasteiger partial charge in [0.25, 0.3) is 11.6 Å². The molecule has 0 radical (unpaired) electrons. The normalized spacial score (nSPS) is 14.3. The van der Waals surface area contributed by atoms with Crippen molar-refractivity contribution in [3.8, 4) is 0 Å². The number of nitro groups is 1. The number of non-ortho nitro benzene ring substituents is 1. The van der Waals surface area contributed by atoms with E-state index in [0.717, 1.165) is 21.1 Å². The molecule has 8 heteroatoms. The summed E-state index contributed by atoms with van der Waals surface area (Å²) in [5.41, 5.74) is 2.49. The summed E-state index contributed by atoms with van der Waals surface area (Å²) in [5, 5.41) is 11.8. The van der Waals surface area contributed by atoms with Crippen molar-refractivity contribution in [1.82, 2.24) is 9.88 Å². The molecule has 0 aliphatic carbocycles. The average molecular weight is 441 g/mol. The van der Waals surface area contributed by atoms with Gasteiger partial charge in [-0.2, -0.15) is 0 Å². The third kappa shape index (κ3) is 3.55. The number of aromatic nitrogens is 1. The smallest absolute Gasteiger partial charge is 0.269 e. The number of nitrogens with zero attached hydrogens (tertiary/aromatic N) is 4. The summed E-state index contributed by atoms with van der Waals surface area (Å²) in [7, 11) is 0. The fourth-order valence-corrected chi connectivity index (χ4v) is 3.79. The Bertz CT molecular complexity index is 1050. The maximum absolute atomic E-state index is 12.7. The van der Waals surface area contributed by atoms with E-state index in [-0.39, 0.29) is 11.6 Å². The van der Waals surface area contributed by atoms with E-state index in [9.17, 15) is 14.9 Å². The number of anilines is 1. The topological polar surface area (TPSA) is 79.6 Å². The van der Waals surface area contributed by atoms with Crippen LogP contribution in [0.1, 0.15) is 10.4 Å². The summed E-state index contributed by atoms with van der Waals surface area (Å²) in [4.78, 5) is 31.5. The van der Waals surface area contributed by atoms with Crippen LogP contribution in [-0.4, -0.2) is 46.9 Å². The first-order valence-corrected chi connectivity index (χ1v) is 9.65. The van der Waals surface area contributed by atoms with Gasteiger partial charge in [0.15, 0.2) is 0 Å². The second-order valence-electron chi connectivity index (χ2n) is 6.57.